The first-order valence-corrected chi connectivity index (χ1v) is 17.0. The zero-order valence-electron chi connectivity index (χ0n) is 28.9. The second kappa shape index (κ2) is 22.1. The lowest BCUT2D eigenvalue weighted by Gasteiger charge is -2.44. The van der Waals surface area contributed by atoms with E-state index >= 15 is 0 Å². The molecule has 262 valence electrons. The number of nitrogens with zero attached hydrogens (tertiary/aromatic N) is 6. The van der Waals surface area contributed by atoms with Gasteiger partial charge in [0.2, 0.25) is 30.4 Å². The van der Waals surface area contributed by atoms with Gasteiger partial charge in [-0.25, -0.2) is 48.9 Å². The number of ether oxygens (including phenoxy) is 1. The van der Waals surface area contributed by atoms with Crippen LogP contribution >= 0.6 is 0 Å². The summed E-state index contributed by atoms with van der Waals surface area (Å²) < 4.78 is 4.86. The summed E-state index contributed by atoms with van der Waals surface area (Å²) in [6.45, 7) is 7.41. The van der Waals surface area contributed by atoms with Crippen LogP contribution in [0, 0.1) is 34.2 Å². The summed E-state index contributed by atoms with van der Waals surface area (Å²) in [5.41, 5.74) is 1.83. The minimum atomic E-state index is -0.0809. The molecule has 0 aliphatic heterocycles. The summed E-state index contributed by atoms with van der Waals surface area (Å²) in [6, 6.07) is 7.81. The molecule has 0 radical (unpaired) electrons. The van der Waals surface area contributed by atoms with E-state index in [-0.39, 0.29) is 29.0 Å². The van der Waals surface area contributed by atoms with Crippen LogP contribution in [0.5, 0.6) is 0 Å². The smallest absolute Gasteiger partial charge is 0.286 e. The molecule has 0 aromatic heterocycles. The van der Waals surface area contributed by atoms with Crippen molar-refractivity contribution in [3.63, 3.8) is 0 Å². The van der Waals surface area contributed by atoms with Crippen LogP contribution in [-0.2, 0) is 41.8 Å². The Balaban J connectivity index is 0.000000259. The zero-order chi connectivity index (χ0) is 36.0. The summed E-state index contributed by atoms with van der Waals surface area (Å²) in [7, 11) is 0. The van der Waals surface area contributed by atoms with Crippen molar-refractivity contribution in [3.8, 4) is 6.26 Å². The minimum Gasteiger partial charge on any atom is -0.427 e. The van der Waals surface area contributed by atoms with Crippen LogP contribution in [0.15, 0.2) is 49.2 Å². The van der Waals surface area contributed by atoms with Gasteiger partial charge < -0.3 is 4.74 Å². The van der Waals surface area contributed by atoms with Gasteiger partial charge in [0.25, 0.3) is 6.26 Å². The van der Waals surface area contributed by atoms with Crippen molar-refractivity contribution in [1.29, 1.82) is 5.26 Å². The van der Waals surface area contributed by atoms with Crippen LogP contribution in [0.2, 0.25) is 0 Å². The molecule has 3 aliphatic carbocycles. The van der Waals surface area contributed by atoms with Crippen molar-refractivity contribution >= 4 is 30.4 Å². The van der Waals surface area contributed by atoms with E-state index in [1.807, 2.05) is 24.3 Å². The van der Waals surface area contributed by atoms with E-state index in [0.717, 1.165) is 67.9 Å². The van der Waals surface area contributed by atoms with Gasteiger partial charge in [-0.2, -0.15) is 5.26 Å². The molecule has 1 aromatic rings. The Morgan fingerprint density at radius 1 is 0.694 bits per heavy atom. The monoisotopic (exact) mass is 672 g/mol. The van der Waals surface area contributed by atoms with E-state index < -0.39 is 0 Å². The molecular formula is C37H48N6O6. The fourth-order valence-corrected chi connectivity index (χ4v) is 7.77. The van der Waals surface area contributed by atoms with E-state index in [9.17, 15) is 24.0 Å². The second-order valence-corrected chi connectivity index (χ2v) is 14.5. The molecule has 3 fully saturated rings. The fourth-order valence-electron chi connectivity index (χ4n) is 7.77. The lowest BCUT2D eigenvalue weighted by Crippen LogP contribution is -2.40. The van der Waals surface area contributed by atoms with Crippen LogP contribution in [0.3, 0.4) is 0 Å². The van der Waals surface area contributed by atoms with E-state index in [2.05, 4.69) is 45.7 Å². The first-order chi connectivity index (χ1) is 23.6. The summed E-state index contributed by atoms with van der Waals surface area (Å²) in [5.74, 6) is 1.60. The Bertz CT molecular complexity index is 1390. The number of carbonyl (C=O) groups excluding carboxylic acids is 5. The van der Waals surface area contributed by atoms with Crippen molar-refractivity contribution in [2.24, 2.45) is 47.6 Å². The predicted octanol–water partition coefficient (Wildman–Crippen LogP) is 6.93. The largest absolute Gasteiger partial charge is 0.427 e. The quantitative estimate of drug-likeness (QED) is 0.139. The normalized spacial score (nSPS) is 26.5. The van der Waals surface area contributed by atoms with Crippen molar-refractivity contribution < 1.29 is 28.7 Å². The van der Waals surface area contributed by atoms with Gasteiger partial charge in [0.05, 0.1) is 31.2 Å². The highest BCUT2D eigenvalue weighted by atomic mass is 16.5. The maximum absolute atomic E-state index is 10.3. The summed E-state index contributed by atoms with van der Waals surface area (Å²) in [6.07, 6.45) is 22.6. The van der Waals surface area contributed by atoms with Gasteiger partial charge in [0.15, 0.2) is 0 Å². The molecule has 12 nitrogen and oxygen atoms in total. The SMILES string of the molecule is CC1(C)CC(N=C=O)CC(C)(COC#N)C1.O=C=NC1CCC(CC2CCC(N=C=O)CC2)CC1.O=C=NCc1cccc(CN=C=O)c1. The molecule has 3 saturated carbocycles. The summed E-state index contributed by atoms with van der Waals surface area (Å²) in [5, 5.41) is 8.45. The molecule has 0 amide bonds. The number of isocyanates is 5. The molecule has 2 atom stereocenters. The number of rotatable bonds is 11. The summed E-state index contributed by atoms with van der Waals surface area (Å²) in [4.78, 5) is 69.0. The van der Waals surface area contributed by atoms with Crippen molar-refractivity contribution in [2.45, 2.75) is 129 Å². The fraction of sp³-hybridized carbons (Fsp3) is 0.676. The van der Waals surface area contributed by atoms with Crippen LogP contribution < -0.4 is 0 Å². The lowest BCUT2D eigenvalue weighted by atomic mass is 9.63. The molecule has 0 spiro atoms. The summed E-state index contributed by atoms with van der Waals surface area (Å²) >= 11 is 0. The van der Waals surface area contributed by atoms with Gasteiger partial charge in [-0.15, -0.1) is 0 Å². The maximum Gasteiger partial charge on any atom is 0.286 e. The highest BCUT2D eigenvalue weighted by Crippen LogP contribution is 2.47. The number of hydrogen-bond acceptors (Lipinski definition) is 12. The van der Waals surface area contributed by atoms with E-state index in [1.165, 1.54) is 44.3 Å². The topological polar surface area (TPSA) is 180 Å². The highest BCUT2D eigenvalue weighted by Gasteiger charge is 2.42. The van der Waals surface area contributed by atoms with E-state index in [1.54, 1.807) is 24.5 Å². The minimum absolute atomic E-state index is 0.00791. The third-order valence-electron chi connectivity index (χ3n) is 9.56. The van der Waals surface area contributed by atoms with Gasteiger partial charge in [0, 0.05) is 5.41 Å². The van der Waals surface area contributed by atoms with Gasteiger partial charge in [-0.05, 0) is 105 Å². The Hall–Kier alpha value is -4.59. The van der Waals surface area contributed by atoms with Crippen molar-refractivity contribution in [3.05, 3.63) is 35.4 Å². The molecule has 49 heavy (non-hydrogen) atoms. The molecule has 3 aliphatic rings. The van der Waals surface area contributed by atoms with Crippen LogP contribution in [0.25, 0.3) is 0 Å². The Morgan fingerprint density at radius 3 is 1.59 bits per heavy atom. The molecule has 4 rings (SSSR count). The Morgan fingerprint density at radius 2 is 1.16 bits per heavy atom. The standard InChI is InChI=1S/C15H22N2O2.C12H18N2O2.C10H8N2O2/c18-10-16-14-5-1-12(2-6-14)9-13-3-7-15(8-4-13)17-11-19;1-11(2)4-10(14-9-15)5-12(3,6-11)7-16-8-13;13-7-11-5-9-2-1-3-10(4-9)6-12-8-14/h12-15H,1-9H2;10H,4-7H2,1-3H3;1-4H,5-6H2. The van der Waals surface area contributed by atoms with Crippen molar-refractivity contribution in [1.82, 2.24) is 0 Å². The predicted molar refractivity (Wildman–Crippen MR) is 182 cm³/mol. The van der Waals surface area contributed by atoms with Crippen LogP contribution in [0.1, 0.15) is 109 Å². The van der Waals surface area contributed by atoms with E-state index in [0.29, 0.717) is 19.7 Å². The second-order valence-electron chi connectivity index (χ2n) is 14.5. The van der Waals surface area contributed by atoms with Gasteiger partial charge >= 0.3 is 0 Å². The molecule has 1 aromatic carbocycles. The Labute approximate surface area is 289 Å². The maximum atomic E-state index is 10.3. The molecule has 0 saturated heterocycles. The van der Waals surface area contributed by atoms with Gasteiger partial charge in [-0.3, -0.25) is 0 Å². The number of aliphatic imine (C=N–C) groups is 5. The first-order valence-electron chi connectivity index (χ1n) is 17.0. The molecular weight excluding hydrogens is 624 g/mol. The van der Waals surface area contributed by atoms with Crippen LogP contribution in [-0.4, -0.2) is 55.1 Å². The molecule has 2 unspecified atom stereocenters. The highest BCUT2D eigenvalue weighted by molar-refractivity contribution is 5.36. The number of nitriles is 1. The lowest BCUT2D eigenvalue weighted by molar-refractivity contribution is 0.0288. The van der Waals surface area contributed by atoms with Crippen molar-refractivity contribution in [2.75, 3.05) is 6.61 Å². The first kappa shape index (κ1) is 40.6. The zero-order valence-corrected chi connectivity index (χ0v) is 28.9. The van der Waals surface area contributed by atoms with Crippen LogP contribution in [0.4, 0.5) is 0 Å². The number of hydrogen-bond donors (Lipinski definition) is 0. The molecule has 0 N–H and O–H groups in total. The van der Waals surface area contributed by atoms with Gasteiger partial charge in [0.1, 0.15) is 6.61 Å². The average molecular weight is 673 g/mol. The number of benzene rings is 1. The van der Waals surface area contributed by atoms with Gasteiger partial charge in [-0.1, -0.05) is 45.0 Å². The molecule has 0 heterocycles. The third kappa shape index (κ3) is 16.4. The average Bonchev–Trinajstić information content (AvgIpc) is 3.07. The molecule has 12 heteroatoms. The van der Waals surface area contributed by atoms with E-state index in [4.69, 9.17) is 10.00 Å². The third-order valence-corrected chi connectivity index (χ3v) is 9.56. The Kier molecular flexibility index (Phi) is 18.3. The molecule has 0 bridgehead atoms.